The summed E-state index contributed by atoms with van der Waals surface area (Å²) in [6.07, 6.45) is 12.0. The van der Waals surface area contributed by atoms with Gasteiger partial charge in [0, 0.05) is 43.9 Å². The minimum atomic E-state index is -0.253. The van der Waals surface area contributed by atoms with Crippen LogP contribution in [0.15, 0.2) is 42.5 Å². The van der Waals surface area contributed by atoms with Crippen LogP contribution in [0.1, 0.15) is 31.2 Å². The van der Waals surface area contributed by atoms with E-state index in [1.165, 1.54) is 31.7 Å². The highest BCUT2D eigenvalue weighted by atomic mass is 19.1. The van der Waals surface area contributed by atoms with Crippen molar-refractivity contribution in [3.05, 3.63) is 53.9 Å². The standard InChI is InChI=1S/C20H25FN2O/c21-19-11-5-1-7-17(19)8-2-6-12-20(24)23-15-13-22(14-16-23)18-9-3-4-10-18/h1-2,5-8,11-12,18H,3-4,9-10,13-16H2/b8-2+,12-6+. The average molecular weight is 328 g/mol. The zero-order valence-corrected chi connectivity index (χ0v) is 14.0. The number of benzene rings is 1. The molecule has 1 amide bonds. The van der Waals surface area contributed by atoms with E-state index in [2.05, 4.69) is 4.90 Å². The molecule has 128 valence electrons. The lowest BCUT2D eigenvalue weighted by Crippen LogP contribution is -2.51. The van der Waals surface area contributed by atoms with Crippen LogP contribution in [0.3, 0.4) is 0 Å². The molecule has 0 N–H and O–H groups in total. The Morgan fingerprint density at radius 1 is 1.04 bits per heavy atom. The van der Waals surface area contributed by atoms with E-state index in [0.717, 1.165) is 32.2 Å². The predicted molar refractivity (Wildman–Crippen MR) is 95.0 cm³/mol. The first-order chi connectivity index (χ1) is 11.7. The molecular formula is C20H25FN2O. The fraction of sp³-hybridized carbons (Fsp3) is 0.450. The summed E-state index contributed by atoms with van der Waals surface area (Å²) in [6, 6.07) is 7.34. The smallest absolute Gasteiger partial charge is 0.246 e. The molecule has 0 bridgehead atoms. The Morgan fingerprint density at radius 3 is 2.46 bits per heavy atom. The van der Waals surface area contributed by atoms with Crippen LogP contribution in [0.5, 0.6) is 0 Å². The normalized spacial score (nSPS) is 20.5. The van der Waals surface area contributed by atoms with Crippen LogP contribution in [0.25, 0.3) is 6.08 Å². The van der Waals surface area contributed by atoms with Crippen LogP contribution in [0, 0.1) is 5.82 Å². The lowest BCUT2D eigenvalue weighted by molar-refractivity contribution is -0.128. The Kier molecular flexibility index (Phi) is 5.81. The third kappa shape index (κ3) is 4.32. The Hall–Kier alpha value is -1.94. The summed E-state index contributed by atoms with van der Waals surface area (Å²) in [5.74, 6) is -0.212. The molecular weight excluding hydrogens is 303 g/mol. The van der Waals surface area contributed by atoms with Crippen LogP contribution in [-0.2, 0) is 4.79 Å². The second-order valence-electron chi connectivity index (χ2n) is 6.54. The molecule has 4 heteroatoms. The van der Waals surface area contributed by atoms with Crippen molar-refractivity contribution in [3.8, 4) is 0 Å². The molecule has 2 fully saturated rings. The van der Waals surface area contributed by atoms with Crippen molar-refractivity contribution in [2.24, 2.45) is 0 Å². The molecule has 3 rings (SSSR count). The number of rotatable bonds is 4. The van der Waals surface area contributed by atoms with Crippen molar-refractivity contribution in [2.45, 2.75) is 31.7 Å². The number of hydrogen-bond acceptors (Lipinski definition) is 2. The van der Waals surface area contributed by atoms with E-state index in [4.69, 9.17) is 0 Å². The summed E-state index contributed by atoms with van der Waals surface area (Å²) in [7, 11) is 0. The molecule has 0 aromatic heterocycles. The number of carbonyl (C=O) groups is 1. The van der Waals surface area contributed by atoms with Gasteiger partial charge in [0.1, 0.15) is 5.82 Å². The van der Waals surface area contributed by atoms with Gasteiger partial charge in [-0.1, -0.05) is 49.3 Å². The first-order valence-corrected chi connectivity index (χ1v) is 8.86. The van der Waals surface area contributed by atoms with E-state index in [-0.39, 0.29) is 11.7 Å². The topological polar surface area (TPSA) is 23.6 Å². The number of halogens is 1. The molecule has 0 unspecified atom stereocenters. The summed E-state index contributed by atoms with van der Waals surface area (Å²) in [4.78, 5) is 16.7. The molecule has 3 nitrogen and oxygen atoms in total. The number of allylic oxidation sites excluding steroid dienone is 2. The predicted octanol–water partition coefficient (Wildman–Crippen LogP) is 3.48. The summed E-state index contributed by atoms with van der Waals surface area (Å²) < 4.78 is 13.5. The van der Waals surface area contributed by atoms with Gasteiger partial charge in [0.15, 0.2) is 0 Å². The molecule has 1 heterocycles. The van der Waals surface area contributed by atoms with Gasteiger partial charge < -0.3 is 4.90 Å². The first-order valence-electron chi connectivity index (χ1n) is 8.86. The largest absolute Gasteiger partial charge is 0.337 e. The van der Waals surface area contributed by atoms with Crippen LogP contribution in [0.4, 0.5) is 4.39 Å². The minimum Gasteiger partial charge on any atom is -0.337 e. The summed E-state index contributed by atoms with van der Waals surface area (Å²) in [5, 5.41) is 0. The van der Waals surface area contributed by atoms with Crippen molar-refractivity contribution in [1.29, 1.82) is 0 Å². The lowest BCUT2D eigenvalue weighted by atomic mass is 10.2. The van der Waals surface area contributed by atoms with Gasteiger partial charge in [0.25, 0.3) is 0 Å². The molecule has 1 aliphatic carbocycles. The number of nitrogens with zero attached hydrogens (tertiary/aromatic N) is 2. The number of piperazine rings is 1. The Bertz CT molecular complexity index is 612. The highest BCUT2D eigenvalue weighted by Crippen LogP contribution is 2.24. The molecule has 0 radical (unpaired) electrons. The maximum absolute atomic E-state index is 13.5. The summed E-state index contributed by atoms with van der Waals surface area (Å²) in [6.45, 7) is 3.57. The van der Waals surface area contributed by atoms with E-state index >= 15 is 0 Å². The third-order valence-corrected chi connectivity index (χ3v) is 5.00. The van der Waals surface area contributed by atoms with Crippen molar-refractivity contribution < 1.29 is 9.18 Å². The monoisotopic (exact) mass is 328 g/mol. The Morgan fingerprint density at radius 2 is 1.75 bits per heavy atom. The summed E-state index contributed by atoms with van der Waals surface area (Å²) >= 11 is 0. The molecule has 0 spiro atoms. The second kappa shape index (κ2) is 8.25. The molecule has 2 aliphatic rings. The van der Waals surface area contributed by atoms with Crippen molar-refractivity contribution >= 4 is 12.0 Å². The van der Waals surface area contributed by atoms with E-state index in [9.17, 15) is 9.18 Å². The van der Waals surface area contributed by atoms with Gasteiger partial charge in [-0.3, -0.25) is 9.69 Å². The minimum absolute atomic E-state index is 0.0410. The van der Waals surface area contributed by atoms with Gasteiger partial charge in [-0.2, -0.15) is 0 Å². The first kappa shape index (κ1) is 16.9. The number of amides is 1. The van der Waals surface area contributed by atoms with E-state index < -0.39 is 0 Å². The number of carbonyl (C=O) groups excluding carboxylic acids is 1. The Labute approximate surface area is 143 Å². The van der Waals surface area contributed by atoms with Crippen LogP contribution >= 0.6 is 0 Å². The van der Waals surface area contributed by atoms with Gasteiger partial charge >= 0.3 is 0 Å². The van der Waals surface area contributed by atoms with Gasteiger partial charge in [0.05, 0.1) is 0 Å². The molecule has 24 heavy (non-hydrogen) atoms. The zero-order chi connectivity index (χ0) is 16.8. The van der Waals surface area contributed by atoms with Gasteiger partial charge in [-0.15, -0.1) is 0 Å². The highest BCUT2D eigenvalue weighted by Gasteiger charge is 2.26. The fourth-order valence-electron chi connectivity index (χ4n) is 3.59. The average Bonchev–Trinajstić information content (AvgIpc) is 3.15. The van der Waals surface area contributed by atoms with Crippen molar-refractivity contribution in [3.63, 3.8) is 0 Å². The van der Waals surface area contributed by atoms with Crippen molar-refractivity contribution in [1.82, 2.24) is 9.80 Å². The maximum Gasteiger partial charge on any atom is 0.246 e. The molecule has 1 aromatic carbocycles. The van der Waals surface area contributed by atoms with Crippen LogP contribution in [0.2, 0.25) is 0 Å². The van der Waals surface area contributed by atoms with Crippen LogP contribution < -0.4 is 0 Å². The quantitative estimate of drug-likeness (QED) is 0.624. The van der Waals surface area contributed by atoms with Crippen molar-refractivity contribution in [2.75, 3.05) is 26.2 Å². The molecule has 0 atom stereocenters. The third-order valence-electron chi connectivity index (χ3n) is 5.00. The molecule has 1 saturated heterocycles. The van der Waals surface area contributed by atoms with E-state index in [1.807, 2.05) is 4.90 Å². The van der Waals surface area contributed by atoms with Crippen LogP contribution in [-0.4, -0.2) is 47.9 Å². The Balaban J connectivity index is 1.46. The van der Waals surface area contributed by atoms with Gasteiger partial charge in [-0.25, -0.2) is 4.39 Å². The second-order valence-corrected chi connectivity index (χ2v) is 6.54. The van der Waals surface area contributed by atoms with E-state index in [1.54, 1.807) is 42.5 Å². The van der Waals surface area contributed by atoms with E-state index in [0.29, 0.717) is 5.56 Å². The highest BCUT2D eigenvalue weighted by molar-refractivity contribution is 5.88. The molecule has 1 aromatic rings. The number of hydrogen-bond donors (Lipinski definition) is 0. The fourth-order valence-corrected chi connectivity index (χ4v) is 3.59. The van der Waals surface area contributed by atoms with Gasteiger partial charge in [0.2, 0.25) is 5.91 Å². The van der Waals surface area contributed by atoms with Gasteiger partial charge in [-0.05, 0) is 18.9 Å². The SMILES string of the molecule is O=C(/C=C/C=C/c1ccccc1F)N1CCN(C2CCCC2)CC1. The lowest BCUT2D eigenvalue weighted by Gasteiger charge is -2.37. The zero-order valence-electron chi connectivity index (χ0n) is 14.0. The molecule has 1 saturated carbocycles. The molecule has 1 aliphatic heterocycles. The maximum atomic E-state index is 13.5. The summed E-state index contributed by atoms with van der Waals surface area (Å²) in [5.41, 5.74) is 0.528.